The van der Waals surface area contributed by atoms with Gasteiger partial charge in [-0.2, -0.15) is 0 Å². The van der Waals surface area contributed by atoms with Gasteiger partial charge in [-0.15, -0.1) is 0 Å². The molecule has 1 N–H and O–H groups in total. The van der Waals surface area contributed by atoms with Crippen LogP contribution in [-0.2, 0) is 14.3 Å². The smallest absolute Gasteiger partial charge is 0.339 e. The lowest BCUT2D eigenvalue weighted by atomic mass is 9.98. The second-order valence-corrected chi connectivity index (χ2v) is 5.24. The van der Waals surface area contributed by atoms with Gasteiger partial charge in [0.2, 0.25) is 5.91 Å². The summed E-state index contributed by atoms with van der Waals surface area (Å²) in [4.78, 5) is 24.2. The molecule has 0 aliphatic carbocycles. The van der Waals surface area contributed by atoms with Crippen LogP contribution >= 0.6 is 0 Å². The summed E-state index contributed by atoms with van der Waals surface area (Å²) in [5.74, 6) is -0.723. The third kappa shape index (κ3) is 3.42. The Morgan fingerprint density at radius 1 is 1.43 bits per heavy atom. The third-order valence-electron chi connectivity index (χ3n) is 3.79. The van der Waals surface area contributed by atoms with Crippen molar-refractivity contribution < 1.29 is 19.1 Å². The standard InChI is InChI=1S/C16H21NO4/c1-4-14-11(7-8-21-14)15(18)17-13-6-5-10(2)9-12(13)16(19)20-3/h5-6,9,11,14H,4,7-8H2,1-3H3,(H,17,18). The van der Waals surface area contributed by atoms with E-state index < -0.39 is 5.97 Å². The van der Waals surface area contributed by atoms with Gasteiger partial charge in [-0.05, 0) is 31.9 Å². The van der Waals surface area contributed by atoms with E-state index in [1.54, 1.807) is 12.1 Å². The average molecular weight is 291 g/mol. The zero-order valence-corrected chi connectivity index (χ0v) is 12.6. The average Bonchev–Trinajstić information content (AvgIpc) is 2.96. The number of amides is 1. The number of carbonyl (C=O) groups is 2. The molecule has 1 aliphatic heterocycles. The molecule has 0 saturated carbocycles. The molecular weight excluding hydrogens is 270 g/mol. The Balaban J connectivity index is 2.19. The van der Waals surface area contributed by atoms with Crippen molar-refractivity contribution in [3.8, 4) is 0 Å². The molecule has 114 valence electrons. The monoisotopic (exact) mass is 291 g/mol. The number of ether oxygens (including phenoxy) is 2. The van der Waals surface area contributed by atoms with Crippen LogP contribution in [0.5, 0.6) is 0 Å². The summed E-state index contributed by atoms with van der Waals surface area (Å²) in [7, 11) is 1.33. The minimum absolute atomic E-state index is 0.0444. The van der Waals surface area contributed by atoms with E-state index in [4.69, 9.17) is 9.47 Å². The first-order chi connectivity index (χ1) is 10.1. The van der Waals surface area contributed by atoms with Crippen molar-refractivity contribution in [2.24, 2.45) is 5.92 Å². The van der Waals surface area contributed by atoms with Crippen molar-refractivity contribution in [1.29, 1.82) is 0 Å². The molecule has 1 aliphatic rings. The van der Waals surface area contributed by atoms with Gasteiger partial charge in [0.1, 0.15) is 0 Å². The van der Waals surface area contributed by atoms with Gasteiger partial charge in [0, 0.05) is 6.61 Å². The van der Waals surface area contributed by atoms with Gasteiger partial charge in [0.05, 0.1) is 30.4 Å². The predicted molar refractivity (Wildman–Crippen MR) is 79.3 cm³/mol. The second kappa shape index (κ2) is 6.72. The molecule has 1 fully saturated rings. The Morgan fingerprint density at radius 2 is 2.19 bits per heavy atom. The molecule has 0 bridgehead atoms. The molecule has 5 nitrogen and oxygen atoms in total. The summed E-state index contributed by atoms with van der Waals surface area (Å²) in [6.45, 7) is 4.49. The summed E-state index contributed by atoms with van der Waals surface area (Å²) >= 11 is 0. The van der Waals surface area contributed by atoms with Crippen molar-refractivity contribution in [3.05, 3.63) is 29.3 Å². The highest BCUT2D eigenvalue weighted by Gasteiger charge is 2.33. The van der Waals surface area contributed by atoms with Crippen LogP contribution < -0.4 is 5.32 Å². The minimum atomic E-state index is -0.455. The molecule has 1 aromatic rings. The molecule has 2 unspecified atom stereocenters. The Morgan fingerprint density at radius 3 is 2.86 bits per heavy atom. The van der Waals surface area contributed by atoms with Crippen LogP contribution in [0.2, 0.25) is 0 Å². The van der Waals surface area contributed by atoms with Crippen LogP contribution in [0.4, 0.5) is 5.69 Å². The van der Waals surface area contributed by atoms with Crippen LogP contribution in [0.25, 0.3) is 0 Å². The summed E-state index contributed by atoms with van der Waals surface area (Å²) in [6, 6.07) is 5.30. The van der Waals surface area contributed by atoms with E-state index in [-0.39, 0.29) is 17.9 Å². The highest BCUT2D eigenvalue weighted by Crippen LogP contribution is 2.26. The summed E-state index contributed by atoms with van der Waals surface area (Å²) in [6.07, 6.45) is 1.47. The Kier molecular flexibility index (Phi) is 4.96. The zero-order valence-electron chi connectivity index (χ0n) is 12.6. The fourth-order valence-electron chi connectivity index (χ4n) is 2.62. The number of nitrogens with one attached hydrogen (secondary N) is 1. The van der Waals surface area contributed by atoms with Crippen molar-refractivity contribution >= 4 is 17.6 Å². The van der Waals surface area contributed by atoms with Crippen molar-refractivity contribution in [2.75, 3.05) is 19.0 Å². The fourth-order valence-corrected chi connectivity index (χ4v) is 2.62. The molecule has 1 heterocycles. The van der Waals surface area contributed by atoms with Crippen molar-refractivity contribution in [2.45, 2.75) is 32.8 Å². The molecule has 2 rings (SSSR count). The molecular formula is C16H21NO4. The number of rotatable bonds is 4. The maximum absolute atomic E-state index is 12.4. The van der Waals surface area contributed by atoms with Gasteiger partial charge in [-0.3, -0.25) is 4.79 Å². The first kappa shape index (κ1) is 15.5. The molecule has 0 spiro atoms. The number of hydrogen-bond acceptors (Lipinski definition) is 4. The van der Waals surface area contributed by atoms with Crippen molar-refractivity contribution in [3.63, 3.8) is 0 Å². The molecule has 2 atom stereocenters. The first-order valence-electron chi connectivity index (χ1n) is 7.18. The summed E-state index contributed by atoms with van der Waals surface area (Å²) in [5, 5.41) is 2.84. The molecule has 1 amide bonds. The number of carbonyl (C=O) groups excluding carboxylic acids is 2. The highest BCUT2D eigenvalue weighted by molar-refractivity contribution is 6.02. The van der Waals surface area contributed by atoms with Crippen LogP contribution in [0.15, 0.2) is 18.2 Å². The number of hydrogen-bond donors (Lipinski definition) is 1. The molecule has 0 aromatic heterocycles. The van der Waals surface area contributed by atoms with E-state index in [9.17, 15) is 9.59 Å². The zero-order chi connectivity index (χ0) is 15.4. The maximum Gasteiger partial charge on any atom is 0.339 e. The van der Waals surface area contributed by atoms with Gasteiger partial charge < -0.3 is 14.8 Å². The van der Waals surface area contributed by atoms with E-state index in [1.165, 1.54) is 7.11 Å². The number of benzene rings is 1. The number of anilines is 1. The largest absolute Gasteiger partial charge is 0.465 e. The quantitative estimate of drug-likeness (QED) is 0.866. The van der Waals surface area contributed by atoms with E-state index >= 15 is 0 Å². The molecule has 5 heteroatoms. The molecule has 21 heavy (non-hydrogen) atoms. The van der Waals surface area contributed by atoms with Crippen LogP contribution in [0.1, 0.15) is 35.7 Å². The predicted octanol–water partition coefficient (Wildman–Crippen LogP) is 2.54. The van der Waals surface area contributed by atoms with Crippen molar-refractivity contribution in [1.82, 2.24) is 0 Å². The van der Waals surface area contributed by atoms with Gasteiger partial charge >= 0.3 is 5.97 Å². The normalized spacial score (nSPS) is 21.1. The number of esters is 1. The van der Waals surface area contributed by atoms with Crippen LogP contribution in [0, 0.1) is 12.8 Å². The summed E-state index contributed by atoms with van der Waals surface area (Å²) in [5.41, 5.74) is 1.79. The fraction of sp³-hybridized carbons (Fsp3) is 0.500. The van der Waals surface area contributed by atoms with E-state index in [2.05, 4.69) is 5.32 Å². The van der Waals surface area contributed by atoms with E-state index in [0.29, 0.717) is 24.3 Å². The Bertz CT molecular complexity index is 541. The first-order valence-corrected chi connectivity index (χ1v) is 7.18. The van der Waals surface area contributed by atoms with E-state index in [1.807, 2.05) is 19.9 Å². The van der Waals surface area contributed by atoms with Gasteiger partial charge in [0.15, 0.2) is 0 Å². The highest BCUT2D eigenvalue weighted by atomic mass is 16.5. The Labute approximate surface area is 124 Å². The van der Waals surface area contributed by atoms with Gasteiger partial charge in [-0.1, -0.05) is 18.6 Å². The summed E-state index contributed by atoms with van der Waals surface area (Å²) < 4.78 is 10.3. The van der Waals surface area contributed by atoms with Gasteiger partial charge in [-0.25, -0.2) is 4.79 Å². The third-order valence-corrected chi connectivity index (χ3v) is 3.79. The lowest BCUT2D eigenvalue weighted by Crippen LogP contribution is -2.29. The lowest BCUT2D eigenvalue weighted by Gasteiger charge is -2.17. The van der Waals surface area contributed by atoms with Gasteiger partial charge in [0.25, 0.3) is 0 Å². The Hall–Kier alpha value is -1.88. The van der Waals surface area contributed by atoms with E-state index in [0.717, 1.165) is 12.0 Å². The maximum atomic E-state index is 12.4. The molecule has 0 radical (unpaired) electrons. The van der Waals surface area contributed by atoms with Crippen LogP contribution in [0.3, 0.4) is 0 Å². The minimum Gasteiger partial charge on any atom is -0.465 e. The lowest BCUT2D eigenvalue weighted by molar-refractivity contribution is -0.121. The topological polar surface area (TPSA) is 64.6 Å². The SMILES string of the molecule is CCC1OCCC1C(=O)Nc1ccc(C)cc1C(=O)OC. The molecule has 1 saturated heterocycles. The number of aryl methyl sites for hydroxylation is 1. The second-order valence-electron chi connectivity index (χ2n) is 5.24. The number of methoxy groups -OCH3 is 1. The van der Waals surface area contributed by atoms with Crippen LogP contribution in [-0.4, -0.2) is 31.7 Å². The molecule has 1 aromatic carbocycles.